The zero-order chi connectivity index (χ0) is 18.8. The summed E-state index contributed by atoms with van der Waals surface area (Å²) in [5.74, 6) is 1.25. The molecular formula is C20H20N2O5. The van der Waals surface area contributed by atoms with Crippen molar-refractivity contribution in [1.82, 2.24) is 4.90 Å². The Hall–Kier alpha value is -3.09. The van der Waals surface area contributed by atoms with Crippen molar-refractivity contribution in [2.75, 3.05) is 19.8 Å². The van der Waals surface area contributed by atoms with Crippen LogP contribution in [0.5, 0.6) is 11.5 Å². The summed E-state index contributed by atoms with van der Waals surface area (Å²) in [5, 5.41) is 11.0. The molecule has 0 N–H and O–H groups in total. The van der Waals surface area contributed by atoms with Gasteiger partial charge in [0.1, 0.15) is 0 Å². The fourth-order valence-electron chi connectivity index (χ4n) is 3.66. The second kappa shape index (κ2) is 7.26. The van der Waals surface area contributed by atoms with Gasteiger partial charge in [-0.3, -0.25) is 14.9 Å². The maximum absolute atomic E-state index is 13.0. The first-order valence-electron chi connectivity index (χ1n) is 9.08. The van der Waals surface area contributed by atoms with Gasteiger partial charge < -0.3 is 14.4 Å². The number of carbonyl (C=O) groups is 1. The molecule has 1 fully saturated rings. The zero-order valence-electron chi connectivity index (χ0n) is 14.8. The predicted octanol–water partition coefficient (Wildman–Crippen LogP) is 3.73. The normalized spacial score (nSPS) is 18.8. The van der Waals surface area contributed by atoms with Gasteiger partial charge in [-0.25, -0.2) is 0 Å². The largest absolute Gasteiger partial charge is 0.490 e. The zero-order valence-corrected chi connectivity index (χ0v) is 14.8. The first-order chi connectivity index (χ1) is 13.1. The van der Waals surface area contributed by atoms with Crippen molar-refractivity contribution >= 4 is 11.6 Å². The maximum atomic E-state index is 13.0. The lowest BCUT2D eigenvalue weighted by Crippen LogP contribution is -2.30. The quantitative estimate of drug-likeness (QED) is 0.609. The van der Waals surface area contributed by atoms with E-state index in [2.05, 4.69) is 0 Å². The van der Waals surface area contributed by atoms with E-state index in [0.717, 1.165) is 30.6 Å². The number of nitro benzene ring substituents is 1. The van der Waals surface area contributed by atoms with E-state index in [9.17, 15) is 14.9 Å². The van der Waals surface area contributed by atoms with E-state index in [1.807, 2.05) is 18.2 Å². The van der Waals surface area contributed by atoms with Crippen LogP contribution in [0, 0.1) is 10.1 Å². The minimum absolute atomic E-state index is 0.0751. The molecule has 1 saturated heterocycles. The summed E-state index contributed by atoms with van der Waals surface area (Å²) in [6, 6.07) is 11.6. The summed E-state index contributed by atoms with van der Waals surface area (Å²) in [7, 11) is 0. The third-order valence-electron chi connectivity index (χ3n) is 4.97. The smallest absolute Gasteiger partial charge is 0.270 e. The molecule has 0 spiro atoms. The Bertz CT molecular complexity index is 882. The molecule has 2 aliphatic rings. The average Bonchev–Trinajstić information content (AvgIpc) is 3.06. The molecule has 0 unspecified atom stereocenters. The molecule has 0 aromatic heterocycles. The van der Waals surface area contributed by atoms with Crippen LogP contribution in [0.2, 0.25) is 0 Å². The number of nitro groups is 1. The number of likely N-dealkylation sites (tertiary alicyclic amines) is 1. The molecule has 0 saturated carbocycles. The Balaban J connectivity index is 1.61. The lowest BCUT2D eigenvalue weighted by atomic mass is 10.0. The summed E-state index contributed by atoms with van der Waals surface area (Å²) in [6.07, 6.45) is 2.57. The lowest BCUT2D eigenvalue weighted by Gasteiger charge is -2.25. The molecule has 1 amide bonds. The second-order valence-corrected chi connectivity index (χ2v) is 6.72. The average molecular weight is 368 g/mol. The number of amides is 1. The van der Waals surface area contributed by atoms with Crippen molar-refractivity contribution < 1.29 is 19.2 Å². The molecule has 1 atom stereocenters. The van der Waals surface area contributed by atoms with Gasteiger partial charge in [-0.2, -0.15) is 0 Å². The number of nitrogens with zero attached hydrogens (tertiary/aromatic N) is 2. The summed E-state index contributed by atoms with van der Waals surface area (Å²) >= 11 is 0. The molecule has 140 valence electrons. The topological polar surface area (TPSA) is 81.9 Å². The molecule has 0 radical (unpaired) electrons. The Labute approximate surface area is 156 Å². The van der Waals surface area contributed by atoms with E-state index in [1.165, 1.54) is 12.1 Å². The Morgan fingerprint density at radius 3 is 2.70 bits per heavy atom. The highest BCUT2D eigenvalue weighted by Crippen LogP contribution is 2.38. The van der Waals surface area contributed by atoms with E-state index >= 15 is 0 Å². The maximum Gasteiger partial charge on any atom is 0.270 e. The predicted molar refractivity (Wildman–Crippen MR) is 98.2 cm³/mol. The van der Waals surface area contributed by atoms with Crippen LogP contribution in [-0.2, 0) is 0 Å². The summed E-state index contributed by atoms with van der Waals surface area (Å²) in [4.78, 5) is 25.3. The van der Waals surface area contributed by atoms with Crippen LogP contribution in [0.15, 0.2) is 42.5 Å². The fraction of sp³-hybridized carbons (Fsp3) is 0.350. The van der Waals surface area contributed by atoms with Gasteiger partial charge >= 0.3 is 0 Å². The van der Waals surface area contributed by atoms with Crippen LogP contribution in [0.3, 0.4) is 0 Å². The van der Waals surface area contributed by atoms with E-state index < -0.39 is 4.92 Å². The van der Waals surface area contributed by atoms with Gasteiger partial charge in [-0.05, 0) is 36.6 Å². The van der Waals surface area contributed by atoms with Crippen molar-refractivity contribution in [2.24, 2.45) is 0 Å². The van der Waals surface area contributed by atoms with Crippen LogP contribution in [-0.4, -0.2) is 35.5 Å². The minimum atomic E-state index is -0.484. The SMILES string of the molecule is O=C(c1cccc([N+](=O)[O-])c1)N1CCC[C@H]1c1ccc2c(c1)OCCCO2. The van der Waals surface area contributed by atoms with E-state index in [-0.39, 0.29) is 17.6 Å². The molecule has 7 heteroatoms. The van der Waals surface area contributed by atoms with E-state index in [1.54, 1.807) is 17.0 Å². The van der Waals surface area contributed by atoms with Crippen LogP contribution in [0.1, 0.15) is 41.2 Å². The van der Waals surface area contributed by atoms with Crippen LogP contribution >= 0.6 is 0 Å². The number of fused-ring (bicyclic) bond motifs is 1. The first kappa shape index (κ1) is 17.3. The molecule has 2 aromatic carbocycles. The molecule has 4 rings (SSSR count). The van der Waals surface area contributed by atoms with Crippen molar-refractivity contribution in [1.29, 1.82) is 0 Å². The van der Waals surface area contributed by atoms with Crippen molar-refractivity contribution in [2.45, 2.75) is 25.3 Å². The monoisotopic (exact) mass is 368 g/mol. The number of rotatable bonds is 3. The number of hydrogen-bond acceptors (Lipinski definition) is 5. The highest BCUT2D eigenvalue weighted by molar-refractivity contribution is 5.95. The van der Waals surface area contributed by atoms with Crippen molar-refractivity contribution in [3.63, 3.8) is 0 Å². The highest BCUT2D eigenvalue weighted by Gasteiger charge is 2.31. The lowest BCUT2D eigenvalue weighted by molar-refractivity contribution is -0.384. The van der Waals surface area contributed by atoms with Gasteiger partial charge in [0.05, 0.1) is 24.2 Å². The summed E-state index contributed by atoms with van der Waals surface area (Å²) in [5.41, 5.74) is 1.26. The van der Waals surface area contributed by atoms with Crippen LogP contribution < -0.4 is 9.47 Å². The molecule has 2 aliphatic heterocycles. The third kappa shape index (κ3) is 3.45. The molecular weight excluding hydrogens is 348 g/mol. The number of benzene rings is 2. The fourth-order valence-corrected chi connectivity index (χ4v) is 3.66. The van der Waals surface area contributed by atoms with Gasteiger partial charge in [0.2, 0.25) is 0 Å². The van der Waals surface area contributed by atoms with Crippen molar-refractivity contribution in [3.05, 3.63) is 63.7 Å². The third-order valence-corrected chi connectivity index (χ3v) is 4.97. The molecule has 7 nitrogen and oxygen atoms in total. The van der Waals surface area contributed by atoms with E-state index in [4.69, 9.17) is 9.47 Å². The highest BCUT2D eigenvalue weighted by atomic mass is 16.6. The standard InChI is InChI=1S/C20H20N2O5/c23-20(15-4-1-5-16(12-15)22(24)25)21-9-2-6-17(21)14-7-8-18-19(13-14)27-11-3-10-26-18/h1,4-5,7-8,12-13,17H,2-3,6,9-11H2/t17-/m0/s1. The van der Waals surface area contributed by atoms with Crippen LogP contribution in [0.4, 0.5) is 5.69 Å². The number of hydrogen-bond donors (Lipinski definition) is 0. The number of carbonyl (C=O) groups excluding carboxylic acids is 1. The number of ether oxygens (including phenoxy) is 2. The van der Waals surface area contributed by atoms with Gasteiger partial charge in [0, 0.05) is 30.7 Å². The summed E-state index contributed by atoms with van der Waals surface area (Å²) < 4.78 is 11.4. The first-order valence-corrected chi connectivity index (χ1v) is 9.08. The Kier molecular flexibility index (Phi) is 4.66. The Morgan fingerprint density at radius 1 is 1.07 bits per heavy atom. The van der Waals surface area contributed by atoms with Crippen LogP contribution in [0.25, 0.3) is 0 Å². The molecule has 0 bridgehead atoms. The molecule has 2 aromatic rings. The number of non-ortho nitro benzene ring substituents is 1. The van der Waals surface area contributed by atoms with Gasteiger partial charge in [-0.1, -0.05) is 12.1 Å². The Morgan fingerprint density at radius 2 is 1.89 bits per heavy atom. The minimum Gasteiger partial charge on any atom is -0.490 e. The summed E-state index contributed by atoms with van der Waals surface area (Å²) in [6.45, 7) is 1.87. The molecule has 27 heavy (non-hydrogen) atoms. The van der Waals surface area contributed by atoms with Gasteiger partial charge in [-0.15, -0.1) is 0 Å². The second-order valence-electron chi connectivity index (χ2n) is 6.72. The van der Waals surface area contributed by atoms with Crippen molar-refractivity contribution in [3.8, 4) is 11.5 Å². The molecule has 2 heterocycles. The molecule has 0 aliphatic carbocycles. The van der Waals surface area contributed by atoms with Gasteiger partial charge in [0.25, 0.3) is 11.6 Å². The van der Waals surface area contributed by atoms with E-state index in [0.29, 0.717) is 31.1 Å². The van der Waals surface area contributed by atoms with Gasteiger partial charge in [0.15, 0.2) is 11.5 Å².